The summed E-state index contributed by atoms with van der Waals surface area (Å²) in [5, 5.41) is 15.8. The second kappa shape index (κ2) is 71.5. The first-order valence-corrected chi connectivity index (χ1v) is 44.4. The van der Waals surface area contributed by atoms with Gasteiger partial charge in [-0.15, -0.1) is 0 Å². The van der Waals surface area contributed by atoms with Crippen LogP contribution in [0.25, 0.3) is 54.7 Å². The van der Waals surface area contributed by atoms with E-state index >= 15 is 0 Å². The topological polar surface area (TPSA) is 64.7 Å². The lowest BCUT2D eigenvalue weighted by atomic mass is 9.84. The molecular formula is C122H189N3O. The molecule has 2 heterocycles. The van der Waals surface area contributed by atoms with Crippen molar-refractivity contribution in [2.45, 2.75) is 308 Å². The van der Waals surface area contributed by atoms with Crippen LogP contribution in [0.2, 0.25) is 0 Å². The number of imidazole rings is 1. The number of phenolic OH excluding ortho intramolecular Hbond substituents is 1. The normalized spacial score (nSPS) is 10.8. The molecule has 1 fully saturated rings. The fourth-order valence-corrected chi connectivity index (χ4v) is 14.5. The number of benzene rings is 11. The smallest absolute Gasteiger partial charge is 0.115 e. The predicted octanol–water partition coefficient (Wildman–Crippen LogP) is 38.8. The summed E-state index contributed by atoms with van der Waals surface area (Å²) < 4.78 is 0. The zero-order valence-electron chi connectivity index (χ0n) is 74.9. The molecule has 0 saturated heterocycles. The van der Waals surface area contributed by atoms with E-state index in [1.165, 1.54) is 183 Å². The van der Waals surface area contributed by atoms with E-state index in [0.29, 0.717) is 17.6 Å². The van der Waals surface area contributed by atoms with E-state index in [4.69, 9.17) is 5.11 Å². The van der Waals surface area contributed by atoms with Crippen molar-refractivity contribution in [3.8, 4) is 28.0 Å². The van der Waals surface area contributed by atoms with Crippen LogP contribution in [0.1, 0.15) is 301 Å². The number of rotatable bonds is 23. The highest BCUT2D eigenvalue weighted by Crippen LogP contribution is 2.30. The van der Waals surface area contributed by atoms with Crippen molar-refractivity contribution >= 4 is 32.4 Å². The molecule has 4 nitrogen and oxygen atoms in total. The molecule has 0 radical (unpaired) electrons. The fraction of sp³-hybridized carbons (Fsp3) is 0.451. The molecule has 0 aliphatic heterocycles. The van der Waals surface area contributed by atoms with Crippen LogP contribution < -0.4 is 0 Å². The summed E-state index contributed by atoms with van der Waals surface area (Å²) in [6, 6.07) is 98.2. The minimum atomic E-state index is 0. The van der Waals surface area contributed by atoms with Gasteiger partial charge in [-0.1, -0.05) is 486 Å². The molecule has 0 bridgehead atoms. The quantitative estimate of drug-likeness (QED) is 0.0598. The van der Waals surface area contributed by atoms with Gasteiger partial charge in [-0.05, 0) is 243 Å². The Labute approximate surface area is 779 Å². The lowest BCUT2D eigenvalue weighted by molar-refractivity contribution is 0.305. The van der Waals surface area contributed by atoms with Crippen molar-refractivity contribution in [3.63, 3.8) is 0 Å². The molecule has 698 valence electrons. The zero-order valence-corrected chi connectivity index (χ0v) is 74.9. The van der Waals surface area contributed by atoms with Crippen molar-refractivity contribution < 1.29 is 5.11 Å². The van der Waals surface area contributed by atoms with E-state index in [1.807, 2.05) is 18.3 Å². The van der Waals surface area contributed by atoms with E-state index in [9.17, 15) is 0 Å². The zero-order chi connectivity index (χ0) is 83.8. The molecular weight excluding hydrogens is 1520 g/mol. The Morgan fingerprint density at radius 2 is 0.667 bits per heavy atom. The highest BCUT2D eigenvalue weighted by Gasteiger charge is 2.14. The van der Waals surface area contributed by atoms with Gasteiger partial charge >= 0.3 is 0 Å². The van der Waals surface area contributed by atoms with E-state index in [0.717, 1.165) is 73.0 Å². The lowest BCUT2D eigenvalue weighted by Gasteiger charge is -2.22. The average molecular weight is 1710 g/mol. The number of aromatic hydroxyl groups is 1. The molecule has 13 aromatic rings. The van der Waals surface area contributed by atoms with Gasteiger partial charge in [-0.2, -0.15) is 0 Å². The Balaban J connectivity index is -0.000000434. The van der Waals surface area contributed by atoms with Crippen LogP contribution >= 0.6 is 0 Å². The average Bonchev–Trinajstić information content (AvgIpc) is 1.42. The summed E-state index contributed by atoms with van der Waals surface area (Å²) >= 11 is 0. The van der Waals surface area contributed by atoms with Gasteiger partial charge in [0.15, 0.2) is 0 Å². The molecule has 1 saturated carbocycles. The number of nitrogens with zero attached hydrogens (tertiary/aromatic N) is 1. The van der Waals surface area contributed by atoms with Gasteiger partial charge in [-0.25, -0.2) is 4.98 Å². The molecule has 14 rings (SSSR count). The van der Waals surface area contributed by atoms with Crippen LogP contribution in [0, 0.1) is 59.2 Å². The Morgan fingerprint density at radius 1 is 0.294 bits per heavy atom. The first-order chi connectivity index (χ1) is 55.8. The second-order valence-corrected chi connectivity index (χ2v) is 36.0. The van der Waals surface area contributed by atoms with Crippen molar-refractivity contribution in [1.29, 1.82) is 0 Å². The number of hydrogen-bond donors (Lipinski definition) is 3. The number of aromatic nitrogens is 3. The summed E-state index contributed by atoms with van der Waals surface area (Å²) in [5.74, 6) is 8.30. The summed E-state index contributed by atoms with van der Waals surface area (Å²) in [6.07, 6.45) is 25.6. The highest BCUT2D eigenvalue weighted by molar-refractivity contribution is 5.86. The number of aromatic amines is 2. The number of aryl methyl sites for hydroxylation is 3. The number of fused-ring (bicyclic) bond motifs is 3. The minimum Gasteiger partial charge on any atom is -0.508 e. The molecule has 1 aliphatic carbocycles. The van der Waals surface area contributed by atoms with Gasteiger partial charge in [0.2, 0.25) is 0 Å². The molecule has 0 atom stereocenters. The van der Waals surface area contributed by atoms with E-state index in [2.05, 4.69) is 394 Å². The van der Waals surface area contributed by atoms with Crippen LogP contribution in [0.15, 0.2) is 292 Å². The maximum absolute atomic E-state index is 9.03. The maximum Gasteiger partial charge on any atom is 0.115 e. The second-order valence-electron chi connectivity index (χ2n) is 36.0. The largest absolute Gasteiger partial charge is 0.508 e. The number of hydrogen-bond acceptors (Lipinski definition) is 2. The van der Waals surface area contributed by atoms with E-state index < -0.39 is 0 Å². The van der Waals surface area contributed by atoms with Crippen molar-refractivity contribution in [3.05, 3.63) is 336 Å². The molecule has 0 spiro atoms. The predicted molar refractivity (Wildman–Crippen MR) is 579 cm³/mol. The Morgan fingerprint density at radius 3 is 1.11 bits per heavy atom. The molecule has 11 aromatic carbocycles. The summed E-state index contributed by atoms with van der Waals surface area (Å²) in [6.45, 7) is 40.6. The van der Waals surface area contributed by atoms with Crippen LogP contribution in [-0.4, -0.2) is 20.1 Å². The SMILES string of the molecule is C.C.C.C.C.C.C.C.C.C.CC(C)CC1CCCCC1.CC(C)CCc1ccc(-c2ccccc2)cc1.CC(C)CCc1ccc(O)cc1.CC(C)CCc1ccccc1.CC(C)Cc1cc2ccccc2[nH]1.CC(C)Cc1ccc(-c2ccccc2)cc1.CC(C)Cc1ccc2ccccc2c1.CC(C)Cc1cccc2ccccc12.CC(C)Cc1cnc[nH]1. The van der Waals surface area contributed by atoms with Crippen molar-refractivity contribution in [2.75, 3.05) is 0 Å². The Hall–Kier alpha value is -9.51. The van der Waals surface area contributed by atoms with Gasteiger partial charge in [0.1, 0.15) is 5.75 Å². The van der Waals surface area contributed by atoms with E-state index in [-0.39, 0.29) is 74.3 Å². The standard InChI is InChI=1S/C17H20.C16H18.2C14H16.C12H15N.C11H16O.C11H16.C10H20.C7H12N2.10CH4/c1-14(2)8-9-15-10-12-17(13-11-15)16-6-4-3-5-7-16;1-13(2)12-14-8-10-16(11-9-14)15-6-4-3-5-7-15;1-11(2)10-13-8-5-7-12-6-3-4-9-14(12)13;1-11(2)9-12-7-8-13-5-3-4-6-14(13)10-12;1-9(2)7-11-8-10-5-3-4-6-12(10)13-11;1-9(2)3-4-10-5-7-11(12)8-6-10;1-10(2)8-9-11-6-4-3-5-7-11;1-9(2)8-10-6-4-3-5-7-10;1-6(2)3-7-4-8-5-9-7;;;;;;;;;;/h3-7,10-14H,8-9H2,1-2H3;3-11,13H,12H2,1-2H3;3-9,11H,10H2,1-2H3;3-8,10-11H,9H2,1-2H3;3-6,8-9,13H,7H2,1-2H3;5-9,12H,3-4H2,1-2H3;3-7,10H,8-9H2,1-2H3;9-10H,3-8H2,1-2H3;4-6H,3H2,1-2H3,(H,8,9);10*1H4. The number of nitrogens with one attached hydrogen (secondary N) is 2. The molecule has 2 aromatic heterocycles. The Bertz CT molecular complexity index is 4550. The van der Waals surface area contributed by atoms with Gasteiger partial charge in [0.25, 0.3) is 0 Å². The van der Waals surface area contributed by atoms with Crippen molar-refractivity contribution in [1.82, 2.24) is 15.0 Å². The van der Waals surface area contributed by atoms with Gasteiger partial charge < -0.3 is 15.1 Å². The number of para-hydroxylation sites is 1. The fourth-order valence-electron chi connectivity index (χ4n) is 14.5. The van der Waals surface area contributed by atoms with Crippen LogP contribution in [-0.2, 0) is 51.4 Å². The third-order valence-corrected chi connectivity index (χ3v) is 20.5. The summed E-state index contributed by atoms with van der Waals surface area (Å²) in [4.78, 5) is 10.4. The van der Waals surface area contributed by atoms with Crippen molar-refractivity contribution in [2.24, 2.45) is 59.2 Å². The van der Waals surface area contributed by atoms with Gasteiger partial charge in [-0.3, -0.25) is 0 Å². The van der Waals surface area contributed by atoms with Crippen LogP contribution in [0.4, 0.5) is 0 Å². The summed E-state index contributed by atoms with van der Waals surface area (Å²) in [7, 11) is 0. The molecule has 0 unspecified atom stereocenters. The van der Waals surface area contributed by atoms with Crippen LogP contribution in [0.5, 0.6) is 5.75 Å². The first-order valence-electron chi connectivity index (χ1n) is 44.4. The first kappa shape index (κ1) is 125. The number of H-pyrrole nitrogens is 2. The molecule has 3 N–H and O–H groups in total. The van der Waals surface area contributed by atoms with Crippen LogP contribution in [0.3, 0.4) is 0 Å². The van der Waals surface area contributed by atoms with Gasteiger partial charge in [0, 0.05) is 23.1 Å². The third-order valence-electron chi connectivity index (χ3n) is 20.5. The van der Waals surface area contributed by atoms with E-state index in [1.54, 1.807) is 18.5 Å². The lowest BCUT2D eigenvalue weighted by Crippen LogP contribution is -2.08. The number of phenols is 1. The molecule has 1 aliphatic rings. The van der Waals surface area contributed by atoms with Gasteiger partial charge in [0.05, 0.1) is 6.33 Å². The summed E-state index contributed by atoms with van der Waals surface area (Å²) in [5.41, 5.74) is 17.6. The Kier molecular flexibility index (Phi) is 70.9. The molecule has 0 amide bonds. The molecule has 126 heavy (non-hydrogen) atoms. The third kappa shape index (κ3) is 53.2. The highest BCUT2D eigenvalue weighted by atomic mass is 16.3. The minimum absolute atomic E-state index is 0. The molecule has 4 heteroatoms. The monoisotopic (exact) mass is 1710 g/mol. The maximum atomic E-state index is 9.03.